The number of rotatable bonds is 2. The van der Waals surface area contributed by atoms with E-state index in [2.05, 4.69) is 49.4 Å². The summed E-state index contributed by atoms with van der Waals surface area (Å²) in [5, 5.41) is 1.05. The average Bonchev–Trinajstić information content (AvgIpc) is 2.60. The lowest BCUT2D eigenvalue weighted by Gasteiger charge is -2.18. The van der Waals surface area contributed by atoms with E-state index < -0.39 is 0 Å². The van der Waals surface area contributed by atoms with Crippen LogP contribution in [-0.4, -0.2) is 10.8 Å². The number of carbonyl (C=O) groups excluding carboxylic acids is 1. The Morgan fingerprint density at radius 2 is 1.75 bits per heavy atom. The molecule has 0 atom stereocenters. The van der Waals surface area contributed by atoms with Crippen molar-refractivity contribution in [3.63, 3.8) is 0 Å². The summed E-state index contributed by atoms with van der Waals surface area (Å²) in [5.41, 5.74) is 6.14. The molecule has 0 saturated carbocycles. The molecule has 2 aromatic carbocycles. The second-order valence-corrected chi connectivity index (χ2v) is 6.39. The van der Waals surface area contributed by atoms with Crippen LogP contribution in [0.2, 0.25) is 0 Å². The van der Waals surface area contributed by atoms with Crippen molar-refractivity contribution < 1.29 is 4.79 Å². The van der Waals surface area contributed by atoms with Crippen molar-refractivity contribution in [3.8, 4) is 0 Å². The topological polar surface area (TPSA) is 30.0 Å². The van der Waals surface area contributed by atoms with E-state index in [0.717, 1.165) is 46.1 Å². The van der Waals surface area contributed by atoms with E-state index >= 15 is 0 Å². The van der Waals surface area contributed by atoms with Crippen molar-refractivity contribution in [1.82, 2.24) is 4.98 Å². The number of para-hydroxylation sites is 1. The number of aryl methyl sites for hydroxylation is 2. The number of pyridine rings is 1. The highest BCUT2D eigenvalue weighted by atomic mass is 16.1. The van der Waals surface area contributed by atoms with Crippen LogP contribution in [0.25, 0.3) is 23.1 Å². The summed E-state index contributed by atoms with van der Waals surface area (Å²) in [6.45, 7) is 2.08. The van der Waals surface area contributed by atoms with Gasteiger partial charge in [0, 0.05) is 17.4 Å². The Hall–Kier alpha value is -2.74. The first-order valence-corrected chi connectivity index (χ1v) is 8.42. The number of aromatic nitrogens is 1. The molecule has 0 saturated heterocycles. The molecule has 1 aromatic heterocycles. The van der Waals surface area contributed by atoms with Gasteiger partial charge in [-0.1, -0.05) is 60.2 Å². The molecule has 0 N–H and O–H groups in total. The highest BCUT2D eigenvalue weighted by Gasteiger charge is 2.23. The lowest BCUT2D eigenvalue weighted by atomic mass is 9.88. The van der Waals surface area contributed by atoms with Gasteiger partial charge in [0.2, 0.25) is 0 Å². The molecule has 0 amide bonds. The molecular formula is C22H19NO. The molecule has 0 fully saturated rings. The monoisotopic (exact) mass is 313 g/mol. The van der Waals surface area contributed by atoms with Crippen molar-refractivity contribution in [3.05, 3.63) is 76.5 Å². The van der Waals surface area contributed by atoms with E-state index in [1.165, 1.54) is 5.56 Å². The minimum Gasteiger partial charge on any atom is -0.294 e. The normalized spacial score (nSPS) is 14.3. The van der Waals surface area contributed by atoms with E-state index in [4.69, 9.17) is 4.98 Å². The summed E-state index contributed by atoms with van der Waals surface area (Å²) in [6.07, 6.45) is 6.58. The smallest absolute Gasteiger partial charge is 0.165 e. The molecule has 0 bridgehead atoms. The highest BCUT2D eigenvalue weighted by Crippen LogP contribution is 2.30. The number of nitrogens with zero attached hydrogens (tertiary/aromatic N) is 1. The molecule has 118 valence electrons. The number of fused-ring (bicyclic) bond motifs is 2. The van der Waals surface area contributed by atoms with Gasteiger partial charge in [0.05, 0.1) is 11.2 Å². The number of carbonyl (C=O) groups is 1. The van der Waals surface area contributed by atoms with Gasteiger partial charge in [-0.2, -0.15) is 0 Å². The molecule has 2 heteroatoms. The van der Waals surface area contributed by atoms with E-state index in [1.54, 1.807) is 0 Å². The molecule has 0 spiro atoms. The second-order valence-electron chi connectivity index (χ2n) is 6.39. The van der Waals surface area contributed by atoms with Crippen LogP contribution >= 0.6 is 0 Å². The molecule has 1 heterocycles. The first-order valence-electron chi connectivity index (χ1n) is 8.42. The summed E-state index contributed by atoms with van der Waals surface area (Å²) in [7, 11) is 0. The maximum Gasteiger partial charge on any atom is 0.165 e. The number of Topliss-reactive ketones (excluding diaryl/α,β-unsaturated/α-hetero) is 1. The van der Waals surface area contributed by atoms with Gasteiger partial charge in [0.25, 0.3) is 0 Å². The lowest BCUT2D eigenvalue weighted by molar-refractivity contribution is 0.0971. The summed E-state index contributed by atoms with van der Waals surface area (Å²) in [6, 6.07) is 16.5. The van der Waals surface area contributed by atoms with Crippen LogP contribution in [-0.2, 0) is 6.42 Å². The standard InChI is InChI=1S/C22H19NO/c1-15-9-11-16(12-10-15)13-14-18-17-5-2-3-6-19(17)23-20-7-4-8-21(24)22(18)20/h2-3,5-6,9-14H,4,7-8H2,1H3/b14-13+. The average molecular weight is 313 g/mol. The van der Waals surface area contributed by atoms with E-state index in [9.17, 15) is 4.79 Å². The molecule has 0 radical (unpaired) electrons. The van der Waals surface area contributed by atoms with E-state index in [-0.39, 0.29) is 5.78 Å². The number of benzene rings is 2. The molecule has 2 nitrogen and oxygen atoms in total. The zero-order valence-corrected chi connectivity index (χ0v) is 13.8. The molecule has 1 aliphatic carbocycles. The Balaban J connectivity index is 1.90. The third-order valence-corrected chi connectivity index (χ3v) is 4.62. The largest absolute Gasteiger partial charge is 0.294 e. The van der Waals surface area contributed by atoms with Gasteiger partial charge in [-0.05, 0) is 37.0 Å². The van der Waals surface area contributed by atoms with Gasteiger partial charge < -0.3 is 0 Å². The van der Waals surface area contributed by atoms with Gasteiger partial charge >= 0.3 is 0 Å². The molecule has 0 aliphatic heterocycles. The SMILES string of the molecule is Cc1ccc(/C=C/c2c3c(nc4ccccc24)CCCC3=O)cc1. The van der Waals surface area contributed by atoms with Gasteiger partial charge in [-0.25, -0.2) is 0 Å². The summed E-state index contributed by atoms with van der Waals surface area (Å²) < 4.78 is 0. The predicted octanol–water partition coefficient (Wildman–Crippen LogP) is 5.23. The first-order chi connectivity index (χ1) is 11.7. The van der Waals surface area contributed by atoms with Crippen molar-refractivity contribution in [2.24, 2.45) is 0 Å². The quantitative estimate of drug-likeness (QED) is 0.648. The fourth-order valence-corrected chi connectivity index (χ4v) is 3.35. The zero-order valence-electron chi connectivity index (χ0n) is 13.8. The van der Waals surface area contributed by atoms with Crippen LogP contribution < -0.4 is 0 Å². The Bertz CT molecular complexity index is 952. The van der Waals surface area contributed by atoms with Crippen LogP contribution in [0.15, 0.2) is 48.5 Å². The molecule has 3 aromatic rings. The van der Waals surface area contributed by atoms with Crippen LogP contribution in [0.4, 0.5) is 0 Å². The first kappa shape index (κ1) is 14.8. The zero-order chi connectivity index (χ0) is 16.5. The summed E-state index contributed by atoms with van der Waals surface area (Å²) >= 11 is 0. The van der Waals surface area contributed by atoms with Crippen molar-refractivity contribution in [2.75, 3.05) is 0 Å². The summed E-state index contributed by atoms with van der Waals surface area (Å²) in [5.74, 6) is 0.220. The van der Waals surface area contributed by atoms with Gasteiger partial charge in [0.1, 0.15) is 0 Å². The fourth-order valence-electron chi connectivity index (χ4n) is 3.35. The maximum absolute atomic E-state index is 12.5. The fraction of sp³-hybridized carbons (Fsp3) is 0.182. The third-order valence-electron chi connectivity index (χ3n) is 4.62. The molecule has 4 rings (SSSR count). The van der Waals surface area contributed by atoms with Crippen LogP contribution in [0.1, 0.15) is 45.6 Å². The maximum atomic E-state index is 12.5. The Labute approximate surface area is 141 Å². The Kier molecular flexibility index (Phi) is 3.73. The third kappa shape index (κ3) is 2.65. The van der Waals surface area contributed by atoms with Gasteiger partial charge in [-0.3, -0.25) is 9.78 Å². The molecule has 24 heavy (non-hydrogen) atoms. The van der Waals surface area contributed by atoms with E-state index in [1.807, 2.05) is 18.2 Å². The van der Waals surface area contributed by atoms with Gasteiger partial charge in [0.15, 0.2) is 5.78 Å². The number of hydrogen-bond acceptors (Lipinski definition) is 2. The highest BCUT2D eigenvalue weighted by molar-refractivity contribution is 6.07. The van der Waals surface area contributed by atoms with Crippen LogP contribution in [0.5, 0.6) is 0 Å². The molecule has 0 unspecified atom stereocenters. The summed E-state index contributed by atoms with van der Waals surface area (Å²) in [4.78, 5) is 17.3. The lowest BCUT2D eigenvalue weighted by Crippen LogP contribution is -2.14. The van der Waals surface area contributed by atoms with Gasteiger partial charge in [-0.15, -0.1) is 0 Å². The van der Waals surface area contributed by atoms with Crippen molar-refractivity contribution in [1.29, 1.82) is 0 Å². The van der Waals surface area contributed by atoms with Crippen molar-refractivity contribution >= 4 is 28.8 Å². The van der Waals surface area contributed by atoms with E-state index in [0.29, 0.717) is 6.42 Å². The predicted molar refractivity (Wildman–Crippen MR) is 99.1 cm³/mol. The number of ketones is 1. The van der Waals surface area contributed by atoms with Crippen molar-refractivity contribution in [2.45, 2.75) is 26.2 Å². The van der Waals surface area contributed by atoms with Crippen LogP contribution in [0.3, 0.4) is 0 Å². The Morgan fingerprint density at radius 1 is 0.958 bits per heavy atom. The minimum absolute atomic E-state index is 0.220. The number of hydrogen-bond donors (Lipinski definition) is 0. The molecular weight excluding hydrogens is 294 g/mol. The molecule has 1 aliphatic rings. The van der Waals surface area contributed by atoms with Crippen LogP contribution in [0, 0.1) is 6.92 Å². The second kappa shape index (κ2) is 6.04. The Morgan fingerprint density at radius 3 is 2.58 bits per heavy atom. The minimum atomic E-state index is 0.220.